The first-order valence-corrected chi connectivity index (χ1v) is 6.00. The molecular weight excluding hydrogens is 206 g/mol. The monoisotopic (exact) mass is 229 g/mol. The van der Waals surface area contributed by atoms with Crippen LogP contribution in [0.15, 0.2) is 0 Å². The van der Waals surface area contributed by atoms with Gasteiger partial charge in [-0.1, -0.05) is 39.5 Å². The van der Waals surface area contributed by atoms with Crippen molar-refractivity contribution in [2.75, 3.05) is 0 Å². The molecule has 2 N–H and O–H groups in total. The van der Waals surface area contributed by atoms with Crippen LogP contribution in [0.3, 0.4) is 0 Å². The minimum absolute atomic E-state index is 0.269. The molecule has 0 spiro atoms. The number of carboxylic acids is 1. The maximum absolute atomic E-state index is 11.4. The molecule has 0 aliphatic rings. The van der Waals surface area contributed by atoms with Crippen LogP contribution in [0, 0.1) is 0 Å². The van der Waals surface area contributed by atoms with E-state index in [1.165, 1.54) is 6.92 Å². The van der Waals surface area contributed by atoms with Crippen molar-refractivity contribution < 1.29 is 14.7 Å². The molecule has 0 unspecified atom stereocenters. The zero-order valence-electron chi connectivity index (χ0n) is 10.5. The van der Waals surface area contributed by atoms with Crippen molar-refractivity contribution in [2.45, 2.75) is 64.8 Å². The lowest BCUT2D eigenvalue weighted by Gasteiger charge is -2.30. The Morgan fingerprint density at radius 1 is 1.12 bits per heavy atom. The molecule has 0 aliphatic carbocycles. The summed E-state index contributed by atoms with van der Waals surface area (Å²) < 4.78 is 0. The van der Waals surface area contributed by atoms with Gasteiger partial charge in [-0.15, -0.1) is 0 Å². The van der Waals surface area contributed by atoms with Crippen molar-refractivity contribution in [3.05, 3.63) is 0 Å². The predicted molar refractivity (Wildman–Crippen MR) is 63.2 cm³/mol. The summed E-state index contributed by atoms with van der Waals surface area (Å²) in [6.45, 7) is 5.40. The van der Waals surface area contributed by atoms with E-state index >= 15 is 0 Å². The van der Waals surface area contributed by atoms with Crippen molar-refractivity contribution in [3.63, 3.8) is 0 Å². The number of hydrogen-bond donors (Lipinski definition) is 2. The van der Waals surface area contributed by atoms with Gasteiger partial charge in [0.05, 0.1) is 0 Å². The lowest BCUT2D eigenvalue weighted by molar-refractivity contribution is -0.148. The Bertz CT molecular complexity index is 230. The first kappa shape index (κ1) is 14.9. The molecule has 0 rings (SSSR count). The van der Waals surface area contributed by atoms with Gasteiger partial charge in [-0.2, -0.15) is 0 Å². The van der Waals surface area contributed by atoms with Gasteiger partial charge in [-0.05, 0) is 12.8 Å². The quantitative estimate of drug-likeness (QED) is 0.671. The van der Waals surface area contributed by atoms with Gasteiger partial charge >= 0.3 is 5.97 Å². The Balaban J connectivity index is 4.73. The molecule has 0 radical (unpaired) electrons. The smallest absolute Gasteiger partial charge is 0.329 e. The van der Waals surface area contributed by atoms with Crippen LogP contribution in [-0.2, 0) is 9.59 Å². The second kappa shape index (κ2) is 7.25. The highest BCUT2D eigenvalue weighted by molar-refractivity contribution is 5.85. The number of carboxylic acid groups (broad SMARTS) is 1. The SMILES string of the molecule is CCCCC(CCCC)(NC(C)=O)C(=O)O. The van der Waals surface area contributed by atoms with Gasteiger partial charge in [0, 0.05) is 6.92 Å². The second-order valence-corrected chi connectivity index (χ2v) is 4.28. The number of aliphatic carboxylic acids is 1. The van der Waals surface area contributed by atoms with Gasteiger partial charge in [0.1, 0.15) is 5.54 Å². The van der Waals surface area contributed by atoms with Crippen molar-refractivity contribution >= 4 is 11.9 Å². The van der Waals surface area contributed by atoms with E-state index in [0.717, 1.165) is 25.7 Å². The van der Waals surface area contributed by atoms with Crippen LogP contribution in [-0.4, -0.2) is 22.5 Å². The number of carbonyl (C=O) groups is 2. The Morgan fingerprint density at radius 3 is 1.81 bits per heavy atom. The molecule has 4 heteroatoms. The van der Waals surface area contributed by atoms with Gasteiger partial charge in [0.15, 0.2) is 0 Å². The summed E-state index contributed by atoms with van der Waals surface area (Å²) in [7, 11) is 0. The van der Waals surface area contributed by atoms with E-state index < -0.39 is 11.5 Å². The van der Waals surface area contributed by atoms with E-state index in [9.17, 15) is 14.7 Å². The summed E-state index contributed by atoms with van der Waals surface area (Å²) in [6, 6.07) is 0. The third-order valence-corrected chi connectivity index (χ3v) is 2.74. The Hall–Kier alpha value is -1.06. The molecule has 4 nitrogen and oxygen atoms in total. The Morgan fingerprint density at radius 2 is 1.56 bits per heavy atom. The molecule has 94 valence electrons. The summed E-state index contributed by atoms with van der Waals surface area (Å²) in [4.78, 5) is 22.5. The van der Waals surface area contributed by atoms with Crippen LogP contribution in [0.25, 0.3) is 0 Å². The number of unbranched alkanes of at least 4 members (excludes halogenated alkanes) is 2. The zero-order valence-corrected chi connectivity index (χ0v) is 10.5. The minimum atomic E-state index is -1.06. The summed E-state index contributed by atoms with van der Waals surface area (Å²) in [5, 5.41) is 11.9. The predicted octanol–water partition coefficient (Wildman–Crippen LogP) is 2.33. The summed E-state index contributed by atoms with van der Waals surface area (Å²) in [5.74, 6) is -1.18. The fourth-order valence-corrected chi connectivity index (χ4v) is 1.81. The van der Waals surface area contributed by atoms with Crippen molar-refractivity contribution in [3.8, 4) is 0 Å². The van der Waals surface area contributed by atoms with Crippen LogP contribution in [0.1, 0.15) is 59.3 Å². The Labute approximate surface area is 97.4 Å². The van der Waals surface area contributed by atoms with E-state index in [-0.39, 0.29) is 5.91 Å². The first-order chi connectivity index (χ1) is 7.48. The van der Waals surface area contributed by atoms with Gasteiger partial charge in [-0.25, -0.2) is 4.79 Å². The second-order valence-electron chi connectivity index (χ2n) is 4.28. The highest BCUT2D eigenvalue weighted by Gasteiger charge is 2.37. The molecule has 16 heavy (non-hydrogen) atoms. The molecule has 1 amide bonds. The molecule has 0 aromatic rings. The van der Waals surface area contributed by atoms with Crippen LogP contribution < -0.4 is 5.32 Å². The molecular formula is C12H23NO3. The maximum atomic E-state index is 11.4. The standard InChI is InChI=1S/C12H23NO3/c1-4-6-8-12(11(15)16,9-7-5-2)13-10(3)14/h4-9H2,1-3H3,(H,13,14)(H,15,16). The van der Waals surface area contributed by atoms with Gasteiger partial charge in [-0.3, -0.25) is 4.79 Å². The molecule has 0 heterocycles. The number of carbonyl (C=O) groups excluding carboxylic acids is 1. The van der Waals surface area contributed by atoms with Crippen molar-refractivity contribution in [2.24, 2.45) is 0 Å². The van der Waals surface area contributed by atoms with E-state index in [2.05, 4.69) is 5.32 Å². The topological polar surface area (TPSA) is 66.4 Å². The highest BCUT2D eigenvalue weighted by atomic mass is 16.4. The molecule has 0 fully saturated rings. The minimum Gasteiger partial charge on any atom is -0.480 e. The van der Waals surface area contributed by atoms with Gasteiger partial charge < -0.3 is 10.4 Å². The average molecular weight is 229 g/mol. The molecule has 0 atom stereocenters. The number of amides is 1. The largest absolute Gasteiger partial charge is 0.480 e. The first-order valence-electron chi connectivity index (χ1n) is 6.00. The third kappa shape index (κ3) is 4.64. The highest BCUT2D eigenvalue weighted by Crippen LogP contribution is 2.22. The van der Waals surface area contributed by atoms with E-state index in [4.69, 9.17) is 0 Å². The van der Waals surface area contributed by atoms with Crippen LogP contribution in [0.5, 0.6) is 0 Å². The summed E-state index contributed by atoms with van der Waals surface area (Å²) in [6.07, 6.45) is 4.52. The number of rotatable bonds is 8. The number of nitrogens with one attached hydrogen (secondary N) is 1. The average Bonchev–Trinajstić information content (AvgIpc) is 2.21. The zero-order chi connectivity index (χ0) is 12.6. The lowest BCUT2D eigenvalue weighted by atomic mass is 9.87. The summed E-state index contributed by atoms with van der Waals surface area (Å²) >= 11 is 0. The lowest BCUT2D eigenvalue weighted by Crippen LogP contribution is -2.54. The van der Waals surface area contributed by atoms with E-state index in [0.29, 0.717) is 12.8 Å². The molecule has 0 saturated carbocycles. The summed E-state index contributed by atoms with van der Waals surface area (Å²) in [5.41, 5.74) is -1.06. The number of hydrogen-bond acceptors (Lipinski definition) is 2. The fraction of sp³-hybridized carbons (Fsp3) is 0.833. The molecule has 0 aromatic carbocycles. The van der Waals surface area contributed by atoms with Crippen molar-refractivity contribution in [1.29, 1.82) is 0 Å². The molecule has 0 saturated heterocycles. The normalized spacial score (nSPS) is 11.2. The van der Waals surface area contributed by atoms with Crippen molar-refractivity contribution in [1.82, 2.24) is 5.32 Å². The van der Waals surface area contributed by atoms with Gasteiger partial charge in [0.2, 0.25) is 5.91 Å². The fourth-order valence-electron chi connectivity index (χ4n) is 1.81. The van der Waals surface area contributed by atoms with Crippen LogP contribution >= 0.6 is 0 Å². The van der Waals surface area contributed by atoms with Gasteiger partial charge in [0.25, 0.3) is 0 Å². The van der Waals surface area contributed by atoms with Crippen LogP contribution in [0.4, 0.5) is 0 Å². The Kier molecular flexibility index (Phi) is 6.77. The third-order valence-electron chi connectivity index (χ3n) is 2.74. The van der Waals surface area contributed by atoms with Crippen LogP contribution in [0.2, 0.25) is 0 Å². The molecule has 0 aliphatic heterocycles. The molecule has 0 bridgehead atoms. The molecule has 0 aromatic heterocycles. The maximum Gasteiger partial charge on any atom is 0.329 e. The van der Waals surface area contributed by atoms with E-state index in [1.54, 1.807) is 0 Å². The van der Waals surface area contributed by atoms with E-state index in [1.807, 2.05) is 13.8 Å².